The molecule has 1 fully saturated rings. The van der Waals surface area contributed by atoms with E-state index in [1.807, 2.05) is 0 Å². The zero-order chi connectivity index (χ0) is 9.19. The first-order chi connectivity index (χ1) is 5.67. The normalized spacial score (nSPS) is 38.5. The second-order valence-electron chi connectivity index (χ2n) is 3.96. The van der Waals surface area contributed by atoms with Gasteiger partial charge in [-0.3, -0.25) is 0 Å². The molecule has 0 amide bonds. The molecular weight excluding hydrogens is 152 g/mol. The monoisotopic (exact) mass is 172 g/mol. The summed E-state index contributed by atoms with van der Waals surface area (Å²) in [5, 5.41) is 9.41. The zero-order valence-electron chi connectivity index (χ0n) is 8.34. The lowest BCUT2D eigenvalue weighted by Gasteiger charge is -2.35. The van der Waals surface area contributed by atoms with Crippen molar-refractivity contribution >= 4 is 0 Å². The van der Waals surface area contributed by atoms with Crippen LogP contribution in [0.15, 0.2) is 0 Å². The lowest BCUT2D eigenvalue weighted by atomic mass is 9.71. The van der Waals surface area contributed by atoms with E-state index in [-0.39, 0.29) is 18.1 Å². The van der Waals surface area contributed by atoms with Crippen LogP contribution in [0.1, 0.15) is 33.6 Å². The molecule has 3 atom stereocenters. The second kappa shape index (κ2) is 3.75. The van der Waals surface area contributed by atoms with Gasteiger partial charge in [0.05, 0.1) is 12.7 Å². The number of aliphatic hydroxyl groups is 1. The summed E-state index contributed by atoms with van der Waals surface area (Å²) in [6.45, 7) is 7.54. The smallest absolute Gasteiger partial charge is 0.0628 e. The van der Waals surface area contributed by atoms with Gasteiger partial charge in [0.1, 0.15) is 0 Å². The molecule has 0 spiro atoms. The highest BCUT2D eigenvalue weighted by molar-refractivity contribution is 4.92. The van der Waals surface area contributed by atoms with Crippen LogP contribution in [0.3, 0.4) is 0 Å². The van der Waals surface area contributed by atoms with Gasteiger partial charge < -0.3 is 9.84 Å². The molecule has 2 nitrogen and oxygen atoms in total. The minimum Gasteiger partial charge on any atom is -0.396 e. The fourth-order valence-electron chi connectivity index (χ4n) is 2.21. The first-order valence-corrected chi connectivity index (χ1v) is 4.90. The third kappa shape index (κ3) is 1.38. The Morgan fingerprint density at radius 3 is 2.67 bits per heavy atom. The van der Waals surface area contributed by atoms with E-state index in [0.29, 0.717) is 5.92 Å². The van der Waals surface area contributed by atoms with Gasteiger partial charge in [0.25, 0.3) is 0 Å². The largest absolute Gasteiger partial charge is 0.396 e. The van der Waals surface area contributed by atoms with Gasteiger partial charge >= 0.3 is 0 Å². The van der Waals surface area contributed by atoms with E-state index in [1.54, 1.807) is 0 Å². The molecule has 3 unspecified atom stereocenters. The lowest BCUT2D eigenvalue weighted by Crippen LogP contribution is -2.38. The fraction of sp³-hybridized carbons (Fsp3) is 1.00. The van der Waals surface area contributed by atoms with Gasteiger partial charge in [-0.15, -0.1) is 0 Å². The molecule has 72 valence electrons. The molecule has 0 saturated carbocycles. The Hall–Kier alpha value is -0.0800. The number of hydrogen-bond donors (Lipinski definition) is 1. The standard InChI is InChI=1S/C10H20O2/c1-4-8(2)10(7-11)5-6-12-9(10)3/h8-9,11H,4-7H2,1-3H3. The third-order valence-electron chi connectivity index (χ3n) is 3.63. The molecule has 1 aliphatic heterocycles. The van der Waals surface area contributed by atoms with E-state index in [1.165, 1.54) is 0 Å². The van der Waals surface area contributed by atoms with Crippen LogP contribution in [0.4, 0.5) is 0 Å². The molecule has 1 heterocycles. The first kappa shape index (κ1) is 10.0. The van der Waals surface area contributed by atoms with Crippen molar-refractivity contribution in [2.45, 2.75) is 39.7 Å². The molecule has 12 heavy (non-hydrogen) atoms. The Morgan fingerprint density at radius 1 is 1.67 bits per heavy atom. The van der Waals surface area contributed by atoms with E-state index in [0.717, 1.165) is 19.4 Å². The predicted molar refractivity (Wildman–Crippen MR) is 49.0 cm³/mol. The molecule has 1 saturated heterocycles. The predicted octanol–water partition coefficient (Wildman–Crippen LogP) is 1.82. The summed E-state index contributed by atoms with van der Waals surface area (Å²) in [5.41, 5.74) is 0.0365. The van der Waals surface area contributed by atoms with E-state index in [9.17, 15) is 5.11 Å². The molecule has 0 aliphatic carbocycles. The van der Waals surface area contributed by atoms with Crippen LogP contribution in [-0.4, -0.2) is 24.4 Å². The molecule has 2 heteroatoms. The van der Waals surface area contributed by atoms with Crippen molar-refractivity contribution < 1.29 is 9.84 Å². The van der Waals surface area contributed by atoms with Gasteiger partial charge in [0, 0.05) is 12.0 Å². The summed E-state index contributed by atoms with van der Waals surface area (Å²) >= 11 is 0. The molecule has 1 aliphatic rings. The van der Waals surface area contributed by atoms with Crippen LogP contribution in [0.5, 0.6) is 0 Å². The molecule has 0 aromatic heterocycles. The van der Waals surface area contributed by atoms with E-state index < -0.39 is 0 Å². The summed E-state index contributed by atoms with van der Waals surface area (Å²) in [6, 6.07) is 0. The number of hydrogen-bond acceptors (Lipinski definition) is 2. The number of rotatable bonds is 3. The van der Waals surface area contributed by atoms with Crippen molar-refractivity contribution in [1.82, 2.24) is 0 Å². The van der Waals surface area contributed by atoms with Crippen molar-refractivity contribution in [1.29, 1.82) is 0 Å². The number of ether oxygens (including phenoxy) is 1. The van der Waals surface area contributed by atoms with Crippen molar-refractivity contribution in [3.8, 4) is 0 Å². The SMILES string of the molecule is CCC(C)C1(CO)CCOC1C. The summed E-state index contributed by atoms with van der Waals surface area (Å²) in [5.74, 6) is 0.556. The van der Waals surface area contributed by atoms with Crippen molar-refractivity contribution in [3.63, 3.8) is 0 Å². The van der Waals surface area contributed by atoms with Gasteiger partial charge in [0.2, 0.25) is 0 Å². The topological polar surface area (TPSA) is 29.5 Å². The molecular formula is C10H20O2. The average Bonchev–Trinajstić information content (AvgIpc) is 2.46. The van der Waals surface area contributed by atoms with Crippen molar-refractivity contribution in [3.05, 3.63) is 0 Å². The first-order valence-electron chi connectivity index (χ1n) is 4.90. The van der Waals surface area contributed by atoms with Crippen LogP contribution in [0.2, 0.25) is 0 Å². The van der Waals surface area contributed by atoms with Crippen LogP contribution < -0.4 is 0 Å². The average molecular weight is 172 g/mol. The van der Waals surface area contributed by atoms with Crippen molar-refractivity contribution in [2.24, 2.45) is 11.3 Å². The van der Waals surface area contributed by atoms with E-state index >= 15 is 0 Å². The zero-order valence-corrected chi connectivity index (χ0v) is 8.34. The Kier molecular flexibility index (Phi) is 3.13. The maximum absolute atomic E-state index is 9.41. The third-order valence-corrected chi connectivity index (χ3v) is 3.63. The molecule has 1 N–H and O–H groups in total. The van der Waals surface area contributed by atoms with Crippen LogP contribution in [0.25, 0.3) is 0 Å². The van der Waals surface area contributed by atoms with Gasteiger partial charge in [-0.25, -0.2) is 0 Å². The fourth-order valence-corrected chi connectivity index (χ4v) is 2.21. The quantitative estimate of drug-likeness (QED) is 0.703. The number of aliphatic hydroxyl groups excluding tert-OH is 1. The molecule has 1 rings (SSSR count). The minimum absolute atomic E-state index is 0.0365. The summed E-state index contributed by atoms with van der Waals surface area (Å²) < 4.78 is 5.52. The van der Waals surface area contributed by atoms with Gasteiger partial charge in [0.15, 0.2) is 0 Å². The highest BCUT2D eigenvalue weighted by atomic mass is 16.5. The van der Waals surface area contributed by atoms with Crippen molar-refractivity contribution in [2.75, 3.05) is 13.2 Å². The van der Waals surface area contributed by atoms with E-state index in [4.69, 9.17) is 4.74 Å². The Labute approximate surface area is 74.9 Å². The van der Waals surface area contributed by atoms with Gasteiger partial charge in [-0.2, -0.15) is 0 Å². The molecule has 0 aromatic carbocycles. The van der Waals surface area contributed by atoms with Crippen LogP contribution >= 0.6 is 0 Å². The van der Waals surface area contributed by atoms with E-state index in [2.05, 4.69) is 20.8 Å². The lowest BCUT2D eigenvalue weighted by molar-refractivity contribution is -0.00811. The highest BCUT2D eigenvalue weighted by Gasteiger charge is 2.44. The van der Waals surface area contributed by atoms with Gasteiger partial charge in [-0.05, 0) is 19.3 Å². The molecule has 0 radical (unpaired) electrons. The molecule has 0 bridgehead atoms. The van der Waals surface area contributed by atoms with Crippen LogP contribution in [-0.2, 0) is 4.74 Å². The Morgan fingerprint density at radius 2 is 2.33 bits per heavy atom. The summed E-state index contributed by atoms with van der Waals surface area (Å²) in [6.07, 6.45) is 2.35. The maximum atomic E-state index is 9.41. The maximum Gasteiger partial charge on any atom is 0.0628 e. The van der Waals surface area contributed by atoms with Crippen LogP contribution in [0, 0.1) is 11.3 Å². The second-order valence-corrected chi connectivity index (χ2v) is 3.96. The summed E-state index contributed by atoms with van der Waals surface area (Å²) in [7, 11) is 0. The molecule has 0 aromatic rings. The summed E-state index contributed by atoms with van der Waals surface area (Å²) in [4.78, 5) is 0. The Balaban J connectivity index is 2.73. The highest BCUT2D eigenvalue weighted by Crippen LogP contribution is 2.42. The minimum atomic E-state index is 0.0365. The Bertz CT molecular complexity index is 147. The van der Waals surface area contributed by atoms with Gasteiger partial charge in [-0.1, -0.05) is 20.3 Å².